The van der Waals surface area contributed by atoms with Gasteiger partial charge in [0.2, 0.25) is 0 Å². The van der Waals surface area contributed by atoms with Crippen molar-refractivity contribution in [3.63, 3.8) is 0 Å². The zero-order chi connectivity index (χ0) is 17.3. The van der Waals surface area contributed by atoms with Crippen LogP contribution in [0.3, 0.4) is 0 Å². The molecule has 1 N–H and O–H groups in total. The van der Waals surface area contributed by atoms with Crippen molar-refractivity contribution in [1.29, 1.82) is 0 Å². The lowest BCUT2D eigenvalue weighted by molar-refractivity contribution is -0.137. The smallest absolute Gasteiger partial charge is 0.288 e. The van der Waals surface area contributed by atoms with Gasteiger partial charge in [0.05, 0.1) is 16.6 Å². The Labute approximate surface area is 135 Å². The Morgan fingerprint density at radius 3 is 2.46 bits per heavy atom. The van der Waals surface area contributed by atoms with Gasteiger partial charge >= 0.3 is 6.18 Å². The molecule has 0 aromatic heterocycles. The summed E-state index contributed by atoms with van der Waals surface area (Å²) in [5, 5.41) is 11.8. The number of benzene rings is 2. The molecule has 0 atom stereocenters. The van der Waals surface area contributed by atoms with Crippen molar-refractivity contribution in [2.24, 2.45) is 9.98 Å². The number of hydrogen-bond acceptors (Lipinski definition) is 3. The van der Waals surface area contributed by atoms with E-state index < -0.39 is 11.7 Å². The molecule has 1 aliphatic heterocycles. The van der Waals surface area contributed by atoms with Crippen LogP contribution < -0.4 is 10.6 Å². The number of fused-ring (bicyclic) bond motifs is 1. The van der Waals surface area contributed by atoms with Crippen LogP contribution in [0.15, 0.2) is 58.5 Å². The lowest BCUT2D eigenvalue weighted by Gasteiger charge is -2.19. The minimum atomic E-state index is -4.48. The summed E-state index contributed by atoms with van der Waals surface area (Å²) in [7, 11) is 1.52. The van der Waals surface area contributed by atoms with E-state index in [1.54, 1.807) is 30.3 Å². The number of hydrogen-bond donors (Lipinski definition) is 1. The first-order chi connectivity index (χ1) is 11.4. The summed E-state index contributed by atoms with van der Waals surface area (Å²) in [6, 6.07) is 12.0. The maximum Gasteiger partial charge on any atom is 0.416 e. The Morgan fingerprint density at radius 1 is 1.12 bits per heavy atom. The summed E-state index contributed by atoms with van der Waals surface area (Å²) in [6.07, 6.45) is -4.48. The first kappa shape index (κ1) is 16.2. The van der Waals surface area contributed by atoms with Crippen LogP contribution in [-0.4, -0.2) is 29.7 Å². The maximum atomic E-state index is 13.1. The van der Waals surface area contributed by atoms with Crippen molar-refractivity contribution in [2.45, 2.75) is 6.18 Å². The Hall–Kier alpha value is -2.67. The highest BCUT2D eigenvalue weighted by atomic mass is 19.4. The molecule has 3 rings (SSSR count). The molecule has 0 saturated carbocycles. The van der Waals surface area contributed by atoms with E-state index in [4.69, 9.17) is 0 Å². The summed E-state index contributed by atoms with van der Waals surface area (Å²) < 4.78 is 39.3. The molecule has 0 saturated heterocycles. The Kier molecular flexibility index (Phi) is 4.11. The van der Waals surface area contributed by atoms with Crippen molar-refractivity contribution in [1.82, 2.24) is 5.06 Å². The second-order valence-electron chi connectivity index (χ2n) is 5.25. The standard InChI is InChI=1S/C17H14F3N3O/c1-21-15-10-23(24)16(11-5-3-2-4-6-11)13-9-12(17(18,19)20)7-8-14(13)22-15/h2-9,24H,10H2,1H3. The third-order valence-electron chi connectivity index (χ3n) is 3.68. The van der Waals surface area contributed by atoms with E-state index in [1.807, 2.05) is 0 Å². The molecule has 0 aliphatic carbocycles. The first-order valence-corrected chi connectivity index (χ1v) is 7.18. The molecule has 0 spiro atoms. The number of nitrogens with zero attached hydrogens (tertiary/aromatic N) is 3. The van der Waals surface area contributed by atoms with Gasteiger partial charge in [-0.25, -0.2) is 10.1 Å². The number of aliphatic imine (C=N–C) groups is 1. The van der Waals surface area contributed by atoms with Gasteiger partial charge in [-0.3, -0.25) is 10.2 Å². The molecule has 0 bridgehead atoms. The minimum Gasteiger partial charge on any atom is -0.288 e. The third-order valence-corrected chi connectivity index (χ3v) is 3.68. The fourth-order valence-electron chi connectivity index (χ4n) is 2.55. The van der Waals surface area contributed by atoms with Crippen LogP contribution in [0.2, 0.25) is 0 Å². The minimum absolute atomic E-state index is 0.0171. The molecule has 0 amide bonds. The quantitative estimate of drug-likeness (QED) is 0.870. The number of hydroxylamine groups is 2. The van der Waals surface area contributed by atoms with Crippen LogP contribution in [0.25, 0.3) is 5.70 Å². The second kappa shape index (κ2) is 6.09. The van der Waals surface area contributed by atoms with Crippen molar-refractivity contribution < 1.29 is 18.4 Å². The average Bonchev–Trinajstić information content (AvgIpc) is 2.69. The zero-order valence-corrected chi connectivity index (χ0v) is 12.7. The molecule has 2 aromatic carbocycles. The highest BCUT2D eigenvalue weighted by Crippen LogP contribution is 2.28. The van der Waals surface area contributed by atoms with Crippen molar-refractivity contribution in [3.05, 3.63) is 70.2 Å². The highest BCUT2D eigenvalue weighted by molar-refractivity contribution is 5.87. The lowest BCUT2D eigenvalue weighted by atomic mass is 10.1. The molecule has 4 nitrogen and oxygen atoms in total. The zero-order valence-electron chi connectivity index (χ0n) is 12.7. The van der Waals surface area contributed by atoms with Gasteiger partial charge in [0.25, 0.3) is 0 Å². The fourth-order valence-corrected chi connectivity index (χ4v) is 2.55. The van der Waals surface area contributed by atoms with Gasteiger partial charge in [-0.15, -0.1) is 0 Å². The fraction of sp³-hybridized carbons (Fsp3) is 0.176. The summed E-state index contributed by atoms with van der Waals surface area (Å²) in [4.78, 5) is 8.24. The number of amidine groups is 1. The SMILES string of the molecule is CN=C1CN(O)C(c2ccccc2)=c2cc(C(F)(F)F)ccc2=N1. The van der Waals surface area contributed by atoms with Gasteiger partial charge in [-0.05, 0) is 18.2 Å². The van der Waals surface area contributed by atoms with Crippen LogP contribution in [0.4, 0.5) is 13.2 Å². The van der Waals surface area contributed by atoms with Gasteiger partial charge in [0.15, 0.2) is 0 Å². The van der Waals surface area contributed by atoms with E-state index in [9.17, 15) is 18.4 Å². The van der Waals surface area contributed by atoms with Gasteiger partial charge in [0.1, 0.15) is 12.4 Å². The maximum absolute atomic E-state index is 13.1. The molecular formula is C17H14F3N3O. The van der Waals surface area contributed by atoms with E-state index in [0.717, 1.165) is 17.2 Å². The van der Waals surface area contributed by atoms with Gasteiger partial charge in [0, 0.05) is 17.8 Å². The van der Waals surface area contributed by atoms with Crippen LogP contribution in [0.5, 0.6) is 0 Å². The molecule has 124 valence electrons. The summed E-state index contributed by atoms with van der Waals surface area (Å²) in [6.45, 7) is -0.0171. The Bertz CT molecular complexity index is 905. The molecule has 1 heterocycles. The van der Waals surface area contributed by atoms with E-state index in [2.05, 4.69) is 9.98 Å². The molecular weight excluding hydrogens is 319 g/mol. The predicted octanol–water partition coefficient (Wildman–Crippen LogP) is 2.21. The Balaban J connectivity index is 2.42. The van der Waals surface area contributed by atoms with E-state index in [-0.39, 0.29) is 17.5 Å². The van der Waals surface area contributed by atoms with Gasteiger partial charge in [-0.1, -0.05) is 30.3 Å². The first-order valence-electron chi connectivity index (χ1n) is 7.18. The lowest BCUT2D eigenvalue weighted by Crippen LogP contribution is -2.33. The third kappa shape index (κ3) is 3.03. The highest BCUT2D eigenvalue weighted by Gasteiger charge is 2.31. The molecule has 0 fully saturated rings. The normalized spacial score (nSPS) is 16.6. The molecule has 0 unspecified atom stereocenters. The molecule has 7 heteroatoms. The number of rotatable bonds is 1. The molecule has 2 aromatic rings. The monoisotopic (exact) mass is 333 g/mol. The molecule has 0 radical (unpaired) electrons. The van der Waals surface area contributed by atoms with E-state index >= 15 is 0 Å². The predicted molar refractivity (Wildman–Crippen MR) is 83.0 cm³/mol. The summed E-state index contributed by atoms with van der Waals surface area (Å²) in [5.41, 5.74) is 0.0578. The van der Waals surface area contributed by atoms with Crippen LogP contribution in [-0.2, 0) is 6.18 Å². The van der Waals surface area contributed by atoms with Crippen LogP contribution in [0, 0.1) is 0 Å². The second-order valence-corrected chi connectivity index (χ2v) is 5.25. The summed E-state index contributed by atoms with van der Waals surface area (Å²) >= 11 is 0. The van der Waals surface area contributed by atoms with Crippen LogP contribution in [0.1, 0.15) is 11.1 Å². The number of halogens is 3. The number of alkyl halides is 3. The summed E-state index contributed by atoms with van der Waals surface area (Å²) in [5.74, 6) is 0.324. The topological polar surface area (TPSA) is 48.2 Å². The van der Waals surface area contributed by atoms with E-state index in [1.165, 1.54) is 13.1 Å². The molecule has 1 aliphatic rings. The molecule has 24 heavy (non-hydrogen) atoms. The van der Waals surface area contributed by atoms with Gasteiger partial charge < -0.3 is 0 Å². The largest absolute Gasteiger partial charge is 0.416 e. The van der Waals surface area contributed by atoms with Crippen LogP contribution >= 0.6 is 0 Å². The van der Waals surface area contributed by atoms with Crippen molar-refractivity contribution >= 4 is 11.5 Å². The average molecular weight is 333 g/mol. The van der Waals surface area contributed by atoms with Gasteiger partial charge in [-0.2, -0.15) is 13.2 Å². The van der Waals surface area contributed by atoms with E-state index in [0.29, 0.717) is 16.8 Å². The Morgan fingerprint density at radius 2 is 1.83 bits per heavy atom. The van der Waals surface area contributed by atoms with Crippen molar-refractivity contribution in [3.8, 4) is 0 Å². The van der Waals surface area contributed by atoms with Crippen molar-refractivity contribution in [2.75, 3.05) is 13.6 Å².